The van der Waals surface area contributed by atoms with Gasteiger partial charge in [0.2, 0.25) is 0 Å². The maximum Gasteiger partial charge on any atom is 0.150 e. The van der Waals surface area contributed by atoms with Crippen LogP contribution in [0.3, 0.4) is 0 Å². The molecule has 2 heterocycles. The molecule has 0 radical (unpaired) electrons. The number of hydrogen-bond acceptors (Lipinski definition) is 2. The molecule has 3 heteroatoms. The molecule has 3 rings (SSSR count). The number of rotatable bonds is 1. The lowest BCUT2D eigenvalue weighted by molar-refractivity contribution is 0.112. The van der Waals surface area contributed by atoms with Gasteiger partial charge in [-0.3, -0.25) is 9.20 Å². The fraction of sp³-hybridized carbons (Fsp3) is 0.0769. The summed E-state index contributed by atoms with van der Waals surface area (Å²) in [5, 5.41) is 0. The summed E-state index contributed by atoms with van der Waals surface area (Å²) in [7, 11) is 0. The maximum absolute atomic E-state index is 10.8. The molecule has 3 nitrogen and oxygen atoms in total. The van der Waals surface area contributed by atoms with E-state index in [0.717, 1.165) is 28.5 Å². The second kappa shape index (κ2) is 3.17. The molecule has 78 valence electrons. The van der Waals surface area contributed by atoms with Crippen LogP contribution in [-0.2, 0) is 0 Å². The number of aromatic nitrogens is 2. The van der Waals surface area contributed by atoms with E-state index >= 15 is 0 Å². The average Bonchev–Trinajstić information content (AvgIpc) is 2.69. The highest BCUT2D eigenvalue weighted by Gasteiger charge is 2.08. The van der Waals surface area contributed by atoms with Crippen molar-refractivity contribution < 1.29 is 4.79 Å². The molecule has 0 unspecified atom stereocenters. The normalized spacial score (nSPS) is 11.1. The van der Waals surface area contributed by atoms with Crippen LogP contribution in [-0.4, -0.2) is 15.7 Å². The van der Waals surface area contributed by atoms with Crippen molar-refractivity contribution in [3.63, 3.8) is 0 Å². The summed E-state index contributed by atoms with van der Waals surface area (Å²) >= 11 is 0. The molecule has 3 aromatic rings. The summed E-state index contributed by atoms with van der Waals surface area (Å²) in [6.45, 7) is 1.92. The lowest BCUT2D eigenvalue weighted by Gasteiger charge is -2.00. The van der Waals surface area contributed by atoms with E-state index in [4.69, 9.17) is 0 Å². The molecule has 0 saturated heterocycles. The standard InChI is InChI=1S/C13H10N2O/c1-9-10(8-16)6-7-15-12-5-3-2-4-11(12)14-13(9)15/h2-8H,1H3. The van der Waals surface area contributed by atoms with Crippen molar-refractivity contribution in [3.05, 3.63) is 47.7 Å². The van der Waals surface area contributed by atoms with Crippen LogP contribution >= 0.6 is 0 Å². The molecule has 0 saturated carbocycles. The van der Waals surface area contributed by atoms with Gasteiger partial charge < -0.3 is 0 Å². The zero-order valence-corrected chi connectivity index (χ0v) is 8.84. The van der Waals surface area contributed by atoms with E-state index in [1.54, 1.807) is 0 Å². The minimum Gasteiger partial charge on any atom is -0.299 e. The Morgan fingerprint density at radius 2 is 2.06 bits per heavy atom. The van der Waals surface area contributed by atoms with Crippen LogP contribution in [0, 0.1) is 6.92 Å². The van der Waals surface area contributed by atoms with Crippen molar-refractivity contribution in [3.8, 4) is 0 Å². The molecular weight excluding hydrogens is 200 g/mol. The lowest BCUT2D eigenvalue weighted by Crippen LogP contribution is -1.93. The molecule has 0 bridgehead atoms. The number of pyridine rings is 1. The van der Waals surface area contributed by atoms with Crippen LogP contribution in [0.2, 0.25) is 0 Å². The van der Waals surface area contributed by atoms with Gasteiger partial charge in [-0.2, -0.15) is 0 Å². The molecule has 0 fully saturated rings. The predicted molar refractivity (Wildman–Crippen MR) is 62.8 cm³/mol. The smallest absolute Gasteiger partial charge is 0.150 e. The summed E-state index contributed by atoms with van der Waals surface area (Å²) in [6.07, 6.45) is 2.76. The Labute approximate surface area is 92.3 Å². The number of carbonyl (C=O) groups is 1. The second-order valence-corrected chi connectivity index (χ2v) is 3.81. The first kappa shape index (κ1) is 9.09. The van der Waals surface area contributed by atoms with Crippen molar-refractivity contribution in [2.24, 2.45) is 0 Å². The molecule has 0 amide bonds. The van der Waals surface area contributed by atoms with E-state index in [2.05, 4.69) is 4.98 Å². The van der Waals surface area contributed by atoms with Crippen LogP contribution < -0.4 is 0 Å². The molecular formula is C13H10N2O. The number of aryl methyl sites for hydroxylation is 1. The number of aldehydes is 1. The largest absolute Gasteiger partial charge is 0.299 e. The summed E-state index contributed by atoms with van der Waals surface area (Å²) in [5.41, 5.74) is 4.49. The minimum absolute atomic E-state index is 0.697. The van der Waals surface area contributed by atoms with Crippen LogP contribution in [0.25, 0.3) is 16.7 Å². The van der Waals surface area contributed by atoms with E-state index in [0.29, 0.717) is 5.56 Å². The SMILES string of the molecule is Cc1c(C=O)ccn2c1nc1ccccc12. The second-order valence-electron chi connectivity index (χ2n) is 3.81. The van der Waals surface area contributed by atoms with Crippen molar-refractivity contribution in [1.29, 1.82) is 0 Å². The van der Waals surface area contributed by atoms with Crippen molar-refractivity contribution in [2.45, 2.75) is 6.92 Å². The lowest BCUT2D eigenvalue weighted by atomic mass is 10.2. The number of fused-ring (bicyclic) bond motifs is 3. The molecule has 16 heavy (non-hydrogen) atoms. The number of nitrogens with zero attached hydrogens (tertiary/aromatic N) is 2. The van der Waals surface area contributed by atoms with Gasteiger partial charge in [0.15, 0.2) is 6.29 Å². The Kier molecular flexibility index (Phi) is 1.80. The van der Waals surface area contributed by atoms with Gasteiger partial charge in [-0.1, -0.05) is 12.1 Å². The van der Waals surface area contributed by atoms with Crippen molar-refractivity contribution in [2.75, 3.05) is 0 Å². The summed E-state index contributed by atoms with van der Waals surface area (Å²) in [5.74, 6) is 0. The van der Waals surface area contributed by atoms with E-state index < -0.39 is 0 Å². The molecule has 0 spiro atoms. The Bertz CT molecular complexity index is 698. The first-order valence-corrected chi connectivity index (χ1v) is 5.13. The summed E-state index contributed by atoms with van der Waals surface area (Å²) < 4.78 is 2.01. The van der Waals surface area contributed by atoms with Gasteiger partial charge in [-0.25, -0.2) is 4.98 Å². The van der Waals surface area contributed by atoms with E-state index in [1.807, 2.05) is 47.9 Å². The van der Waals surface area contributed by atoms with Gasteiger partial charge in [0, 0.05) is 17.3 Å². The number of carbonyl (C=O) groups excluding carboxylic acids is 1. The maximum atomic E-state index is 10.8. The number of imidazole rings is 1. The Morgan fingerprint density at radius 3 is 2.88 bits per heavy atom. The van der Waals surface area contributed by atoms with Crippen molar-refractivity contribution >= 4 is 23.0 Å². The monoisotopic (exact) mass is 210 g/mol. The fourth-order valence-corrected chi connectivity index (χ4v) is 2.00. The highest BCUT2D eigenvalue weighted by atomic mass is 16.1. The average molecular weight is 210 g/mol. The predicted octanol–water partition coefficient (Wildman–Crippen LogP) is 2.61. The van der Waals surface area contributed by atoms with Crippen LogP contribution in [0.5, 0.6) is 0 Å². The molecule has 0 N–H and O–H groups in total. The first-order chi connectivity index (χ1) is 7.81. The highest BCUT2D eigenvalue weighted by Crippen LogP contribution is 2.20. The van der Waals surface area contributed by atoms with Gasteiger partial charge in [-0.05, 0) is 25.1 Å². The summed E-state index contributed by atoms with van der Waals surface area (Å²) in [4.78, 5) is 15.4. The van der Waals surface area contributed by atoms with Gasteiger partial charge in [0.25, 0.3) is 0 Å². The highest BCUT2D eigenvalue weighted by molar-refractivity contribution is 5.86. The molecule has 0 atom stereocenters. The topological polar surface area (TPSA) is 34.4 Å². The van der Waals surface area contributed by atoms with Crippen LogP contribution in [0.4, 0.5) is 0 Å². The zero-order chi connectivity index (χ0) is 11.1. The fourth-order valence-electron chi connectivity index (χ4n) is 2.00. The summed E-state index contributed by atoms with van der Waals surface area (Å²) in [6, 6.07) is 9.77. The molecule has 2 aromatic heterocycles. The molecule has 0 aliphatic carbocycles. The number of para-hydroxylation sites is 2. The zero-order valence-electron chi connectivity index (χ0n) is 8.84. The van der Waals surface area contributed by atoms with Crippen LogP contribution in [0.1, 0.15) is 15.9 Å². The third-order valence-electron chi connectivity index (χ3n) is 2.89. The van der Waals surface area contributed by atoms with Gasteiger partial charge in [0.1, 0.15) is 5.65 Å². The third-order valence-corrected chi connectivity index (χ3v) is 2.89. The Morgan fingerprint density at radius 1 is 1.25 bits per heavy atom. The van der Waals surface area contributed by atoms with Gasteiger partial charge in [-0.15, -0.1) is 0 Å². The van der Waals surface area contributed by atoms with Crippen LogP contribution in [0.15, 0.2) is 36.5 Å². The number of benzene rings is 1. The Balaban J connectivity index is 2.54. The molecule has 1 aromatic carbocycles. The minimum atomic E-state index is 0.697. The van der Waals surface area contributed by atoms with E-state index in [-0.39, 0.29) is 0 Å². The number of hydrogen-bond donors (Lipinski definition) is 0. The molecule has 0 aliphatic rings. The van der Waals surface area contributed by atoms with Gasteiger partial charge in [0.05, 0.1) is 11.0 Å². The van der Waals surface area contributed by atoms with Gasteiger partial charge >= 0.3 is 0 Å². The quantitative estimate of drug-likeness (QED) is 0.578. The third kappa shape index (κ3) is 1.08. The van der Waals surface area contributed by atoms with E-state index in [1.165, 1.54) is 0 Å². The molecule has 0 aliphatic heterocycles. The van der Waals surface area contributed by atoms with Crippen molar-refractivity contribution in [1.82, 2.24) is 9.38 Å². The first-order valence-electron chi connectivity index (χ1n) is 5.13. The van der Waals surface area contributed by atoms with E-state index in [9.17, 15) is 4.79 Å². The Hall–Kier alpha value is -2.16.